The lowest BCUT2D eigenvalue weighted by molar-refractivity contribution is -0.126. The molecule has 1 amide bonds. The molecule has 19 heavy (non-hydrogen) atoms. The van der Waals surface area contributed by atoms with Gasteiger partial charge in [0.2, 0.25) is 5.91 Å². The molecule has 1 aliphatic heterocycles. The van der Waals surface area contributed by atoms with Crippen LogP contribution in [-0.2, 0) is 16.0 Å². The van der Waals surface area contributed by atoms with Crippen LogP contribution in [0.1, 0.15) is 18.1 Å². The fourth-order valence-corrected chi connectivity index (χ4v) is 2.15. The van der Waals surface area contributed by atoms with Crippen molar-refractivity contribution in [2.45, 2.75) is 20.3 Å². The van der Waals surface area contributed by atoms with Gasteiger partial charge in [-0.1, -0.05) is 24.6 Å². The largest absolute Gasteiger partial charge is 0.496 e. The smallest absolute Gasteiger partial charge is 0.224 e. The number of amides is 1. The Balaban J connectivity index is 1.92. The summed E-state index contributed by atoms with van der Waals surface area (Å²) in [6.07, 6.45) is 0.349. The van der Waals surface area contributed by atoms with Gasteiger partial charge < -0.3 is 14.8 Å². The molecule has 1 heterocycles. The van der Waals surface area contributed by atoms with E-state index in [4.69, 9.17) is 9.47 Å². The third-order valence-corrected chi connectivity index (χ3v) is 3.40. The summed E-state index contributed by atoms with van der Waals surface area (Å²) in [5.41, 5.74) is 2.16. The van der Waals surface area contributed by atoms with E-state index >= 15 is 0 Å². The van der Waals surface area contributed by atoms with Crippen LogP contribution < -0.4 is 10.1 Å². The number of carbonyl (C=O) groups is 1. The van der Waals surface area contributed by atoms with E-state index in [1.165, 1.54) is 0 Å². The van der Waals surface area contributed by atoms with Crippen molar-refractivity contribution in [3.63, 3.8) is 0 Å². The Kier molecular flexibility index (Phi) is 4.10. The fourth-order valence-electron chi connectivity index (χ4n) is 2.15. The monoisotopic (exact) mass is 263 g/mol. The van der Waals surface area contributed by atoms with Crippen molar-refractivity contribution in [2.75, 3.05) is 26.9 Å². The van der Waals surface area contributed by atoms with Crippen LogP contribution in [-0.4, -0.2) is 32.8 Å². The number of carbonyl (C=O) groups excluding carboxylic acids is 1. The second kappa shape index (κ2) is 5.61. The van der Waals surface area contributed by atoms with Crippen molar-refractivity contribution in [2.24, 2.45) is 5.41 Å². The van der Waals surface area contributed by atoms with Gasteiger partial charge in [0.25, 0.3) is 0 Å². The zero-order chi connectivity index (χ0) is 13.9. The Bertz CT molecular complexity index is 466. The number of methoxy groups -OCH3 is 1. The lowest BCUT2D eigenvalue weighted by Crippen LogP contribution is -2.48. The van der Waals surface area contributed by atoms with Crippen LogP contribution in [0, 0.1) is 12.3 Å². The van der Waals surface area contributed by atoms with Crippen molar-refractivity contribution >= 4 is 5.91 Å². The van der Waals surface area contributed by atoms with Gasteiger partial charge in [0.15, 0.2) is 0 Å². The Morgan fingerprint density at radius 3 is 2.79 bits per heavy atom. The molecule has 4 heteroatoms. The molecule has 0 spiro atoms. The molecule has 0 atom stereocenters. The summed E-state index contributed by atoms with van der Waals surface area (Å²) in [4.78, 5) is 12.0. The molecule has 1 aliphatic rings. The minimum Gasteiger partial charge on any atom is -0.496 e. The van der Waals surface area contributed by atoms with E-state index < -0.39 is 0 Å². The first-order valence-corrected chi connectivity index (χ1v) is 6.50. The lowest BCUT2D eigenvalue weighted by Gasteiger charge is -2.38. The Labute approximate surface area is 114 Å². The summed E-state index contributed by atoms with van der Waals surface area (Å²) in [6.45, 7) is 6.24. The molecule has 1 saturated heterocycles. The number of aryl methyl sites for hydroxylation is 1. The van der Waals surface area contributed by atoms with Crippen LogP contribution in [0.15, 0.2) is 18.2 Å². The van der Waals surface area contributed by atoms with E-state index in [1.54, 1.807) is 7.11 Å². The highest BCUT2D eigenvalue weighted by Gasteiger charge is 2.33. The van der Waals surface area contributed by atoms with Crippen molar-refractivity contribution < 1.29 is 14.3 Å². The van der Waals surface area contributed by atoms with Crippen LogP contribution in [0.5, 0.6) is 5.75 Å². The number of rotatable bonds is 5. The number of benzene rings is 1. The Hall–Kier alpha value is -1.55. The van der Waals surface area contributed by atoms with Crippen molar-refractivity contribution in [1.29, 1.82) is 0 Å². The molecule has 104 valence electrons. The number of nitrogens with one attached hydrogen (secondary N) is 1. The van der Waals surface area contributed by atoms with E-state index in [2.05, 4.69) is 12.2 Å². The zero-order valence-electron chi connectivity index (χ0n) is 11.8. The molecule has 2 rings (SSSR count). The first-order chi connectivity index (χ1) is 9.02. The average molecular weight is 263 g/mol. The highest BCUT2D eigenvalue weighted by atomic mass is 16.5. The van der Waals surface area contributed by atoms with Crippen molar-refractivity contribution in [3.05, 3.63) is 29.3 Å². The standard InChI is InChI=1S/C15H21NO3/c1-11-4-5-13(18-3)12(6-11)7-14(17)16-8-15(2)9-19-10-15/h4-6H,7-10H2,1-3H3,(H,16,17). The normalized spacial score (nSPS) is 16.6. The molecule has 0 aliphatic carbocycles. The Morgan fingerprint density at radius 2 is 2.21 bits per heavy atom. The van der Waals surface area contributed by atoms with Crippen LogP contribution in [0.2, 0.25) is 0 Å². The summed E-state index contributed by atoms with van der Waals surface area (Å²) >= 11 is 0. The van der Waals surface area contributed by atoms with Gasteiger partial charge in [-0.3, -0.25) is 4.79 Å². The SMILES string of the molecule is COc1ccc(C)cc1CC(=O)NCC1(C)COC1. The molecule has 4 nitrogen and oxygen atoms in total. The van der Waals surface area contributed by atoms with Gasteiger partial charge >= 0.3 is 0 Å². The molecule has 0 unspecified atom stereocenters. The minimum atomic E-state index is 0.0250. The van der Waals surface area contributed by atoms with Crippen molar-refractivity contribution in [1.82, 2.24) is 5.32 Å². The maximum atomic E-state index is 12.0. The van der Waals surface area contributed by atoms with Gasteiger partial charge in [-0.05, 0) is 13.0 Å². The molecule has 1 aromatic rings. The quantitative estimate of drug-likeness (QED) is 0.879. The molecule has 0 aromatic heterocycles. The Morgan fingerprint density at radius 1 is 1.47 bits per heavy atom. The van der Waals surface area contributed by atoms with Gasteiger partial charge in [0.05, 0.1) is 26.7 Å². The fraction of sp³-hybridized carbons (Fsp3) is 0.533. The van der Waals surface area contributed by atoms with Gasteiger partial charge in [-0.2, -0.15) is 0 Å². The minimum absolute atomic E-state index is 0.0250. The van der Waals surface area contributed by atoms with E-state index in [-0.39, 0.29) is 11.3 Å². The first-order valence-electron chi connectivity index (χ1n) is 6.50. The zero-order valence-corrected chi connectivity index (χ0v) is 11.8. The topological polar surface area (TPSA) is 47.6 Å². The number of hydrogen-bond acceptors (Lipinski definition) is 3. The molecule has 1 aromatic carbocycles. The van der Waals surface area contributed by atoms with Gasteiger partial charge in [0, 0.05) is 17.5 Å². The summed E-state index contributed by atoms with van der Waals surface area (Å²) in [7, 11) is 1.62. The molecule has 0 saturated carbocycles. The maximum Gasteiger partial charge on any atom is 0.224 e. The summed E-state index contributed by atoms with van der Waals surface area (Å²) in [5, 5.41) is 2.97. The van der Waals surface area contributed by atoms with E-state index in [1.807, 2.05) is 25.1 Å². The summed E-state index contributed by atoms with van der Waals surface area (Å²) < 4.78 is 10.4. The van der Waals surface area contributed by atoms with Gasteiger partial charge in [0.1, 0.15) is 5.75 Å². The molecule has 0 bridgehead atoms. The van der Waals surface area contributed by atoms with Crippen LogP contribution >= 0.6 is 0 Å². The van der Waals surface area contributed by atoms with Crippen molar-refractivity contribution in [3.8, 4) is 5.75 Å². The number of hydrogen-bond donors (Lipinski definition) is 1. The third-order valence-electron chi connectivity index (χ3n) is 3.40. The van der Waals surface area contributed by atoms with Gasteiger partial charge in [-0.25, -0.2) is 0 Å². The van der Waals surface area contributed by atoms with E-state index in [0.717, 1.165) is 30.1 Å². The molecule has 0 radical (unpaired) electrons. The number of ether oxygens (including phenoxy) is 2. The predicted octanol–water partition coefficient (Wildman–Crippen LogP) is 1.70. The van der Waals surface area contributed by atoms with E-state index in [0.29, 0.717) is 13.0 Å². The third kappa shape index (κ3) is 3.47. The molecule has 1 fully saturated rings. The van der Waals surface area contributed by atoms with Gasteiger partial charge in [-0.15, -0.1) is 0 Å². The van der Waals surface area contributed by atoms with Crippen LogP contribution in [0.3, 0.4) is 0 Å². The predicted molar refractivity (Wildman–Crippen MR) is 73.4 cm³/mol. The summed E-state index contributed by atoms with van der Waals surface area (Å²) in [6, 6.07) is 5.87. The average Bonchev–Trinajstić information content (AvgIpc) is 2.34. The lowest BCUT2D eigenvalue weighted by atomic mass is 9.88. The highest BCUT2D eigenvalue weighted by molar-refractivity contribution is 5.79. The van der Waals surface area contributed by atoms with Crippen LogP contribution in [0.25, 0.3) is 0 Å². The second-order valence-electron chi connectivity index (χ2n) is 5.57. The maximum absolute atomic E-state index is 12.0. The first kappa shape index (κ1) is 13.9. The van der Waals surface area contributed by atoms with E-state index in [9.17, 15) is 4.79 Å². The second-order valence-corrected chi connectivity index (χ2v) is 5.57. The summed E-state index contributed by atoms with van der Waals surface area (Å²) in [5.74, 6) is 0.788. The molecular formula is C15H21NO3. The molecular weight excluding hydrogens is 242 g/mol. The molecule has 1 N–H and O–H groups in total. The van der Waals surface area contributed by atoms with Crippen LogP contribution in [0.4, 0.5) is 0 Å². The highest BCUT2D eigenvalue weighted by Crippen LogP contribution is 2.25.